The second kappa shape index (κ2) is 8.09. The van der Waals surface area contributed by atoms with Crippen LogP contribution in [0.1, 0.15) is 11.3 Å². The molecule has 0 saturated heterocycles. The van der Waals surface area contributed by atoms with Gasteiger partial charge in [0.15, 0.2) is 0 Å². The zero-order valence-corrected chi connectivity index (χ0v) is 17.5. The first-order valence-electron chi connectivity index (χ1n) is 8.71. The van der Waals surface area contributed by atoms with E-state index in [4.69, 9.17) is 4.98 Å². The maximum absolute atomic E-state index is 12.6. The molecule has 0 aliphatic heterocycles. The zero-order chi connectivity index (χ0) is 19.0. The van der Waals surface area contributed by atoms with Gasteiger partial charge in [0, 0.05) is 18.0 Å². The van der Waals surface area contributed by atoms with E-state index in [0.717, 1.165) is 27.5 Å². The van der Waals surface area contributed by atoms with Crippen LogP contribution in [0.15, 0.2) is 64.8 Å². The summed E-state index contributed by atoms with van der Waals surface area (Å²) in [4.78, 5) is 17.3. The molecule has 4 rings (SSSR count). The number of aryl methyl sites for hydroxylation is 2. The molecular weight excluding hydrogens is 390 g/mol. The van der Waals surface area contributed by atoms with E-state index in [0.29, 0.717) is 5.56 Å². The Bertz CT molecular complexity index is 1160. The van der Waals surface area contributed by atoms with E-state index < -0.39 is 0 Å². The van der Waals surface area contributed by atoms with E-state index in [-0.39, 0.29) is 18.0 Å². The minimum atomic E-state index is -0.113. The molecule has 0 unspecified atom stereocenters. The quantitative estimate of drug-likeness (QED) is 0.462. The van der Waals surface area contributed by atoms with Crippen LogP contribution in [0.5, 0.6) is 0 Å². The van der Waals surface area contributed by atoms with Gasteiger partial charge in [0.1, 0.15) is 5.01 Å². The normalized spacial score (nSPS) is 10.5. The van der Waals surface area contributed by atoms with Crippen LogP contribution in [-0.2, 0) is 7.05 Å². The van der Waals surface area contributed by atoms with Crippen LogP contribution in [-0.4, -0.2) is 14.8 Å². The Morgan fingerprint density at radius 2 is 1.50 bits per heavy atom. The molecule has 4 aromatic rings. The van der Waals surface area contributed by atoms with Crippen molar-refractivity contribution in [3.8, 4) is 33.0 Å². The third-order valence-corrected chi connectivity index (χ3v) is 5.59. The Kier molecular flexibility index (Phi) is 5.77. The molecule has 2 heterocycles. The van der Waals surface area contributed by atoms with Gasteiger partial charge in [-0.15, -0.1) is 23.7 Å². The minimum absolute atomic E-state index is 0. The number of rotatable bonds is 3. The van der Waals surface area contributed by atoms with Crippen LogP contribution in [0.25, 0.3) is 33.0 Å². The maximum Gasteiger partial charge on any atom is 0.277 e. The van der Waals surface area contributed by atoms with Crippen LogP contribution in [0.4, 0.5) is 0 Å². The van der Waals surface area contributed by atoms with E-state index in [1.807, 2.05) is 37.4 Å². The van der Waals surface area contributed by atoms with Crippen LogP contribution in [0.3, 0.4) is 0 Å². The van der Waals surface area contributed by atoms with Crippen molar-refractivity contribution in [3.63, 3.8) is 0 Å². The Labute approximate surface area is 173 Å². The predicted molar refractivity (Wildman–Crippen MR) is 118 cm³/mol. The second-order valence-electron chi connectivity index (χ2n) is 6.50. The van der Waals surface area contributed by atoms with E-state index in [1.165, 1.54) is 27.1 Å². The third kappa shape index (κ3) is 3.63. The minimum Gasteiger partial charge on any atom is -0.267 e. The van der Waals surface area contributed by atoms with Gasteiger partial charge in [0.2, 0.25) is 0 Å². The van der Waals surface area contributed by atoms with Crippen LogP contribution in [0, 0.1) is 13.8 Å². The molecule has 6 heteroatoms. The van der Waals surface area contributed by atoms with Crippen molar-refractivity contribution < 1.29 is 0 Å². The summed E-state index contributed by atoms with van der Waals surface area (Å²) in [6.45, 7) is 3.84. The lowest BCUT2D eigenvalue weighted by Crippen LogP contribution is -2.23. The lowest BCUT2D eigenvalue weighted by molar-refractivity contribution is 0.690. The average Bonchev–Trinajstić information content (AvgIpc) is 3.17. The molecule has 0 fully saturated rings. The number of thiazole rings is 1. The van der Waals surface area contributed by atoms with E-state index in [1.54, 1.807) is 7.05 Å². The summed E-state index contributed by atoms with van der Waals surface area (Å²) >= 11 is 1.49. The number of nitrogens with zero attached hydrogens (tertiary/aromatic N) is 3. The van der Waals surface area contributed by atoms with Gasteiger partial charge in [-0.2, -0.15) is 5.10 Å². The molecule has 28 heavy (non-hydrogen) atoms. The van der Waals surface area contributed by atoms with E-state index >= 15 is 0 Å². The summed E-state index contributed by atoms with van der Waals surface area (Å²) in [5.74, 6) is 0. The number of benzene rings is 2. The number of halogens is 1. The Hall–Kier alpha value is -2.76. The molecule has 4 nitrogen and oxygen atoms in total. The van der Waals surface area contributed by atoms with Crippen LogP contribution >= 0.6 is 23.7 Å². The van der Waals surface area contributed by atoms with Gasteiger partial charge < -0.3 is 0 Å². The summed E-state index contributed by atoms with van der Waals surface area (Å²) in [6.07, 6.45) is 0. The summed E-state index contributed by atoms with van der Waals surface area (Å²) in [6, 6.07) is 18.6. The number of hydrogen-bond donors (Lipinski definition) is 0. The summed E-state index contributed by atoms with van der Waals surface area (Å²) in [5, 5.41) is 6.98. The second-order valence-corrected chi connectivity index (χ2v) is 7.35. The smallest absolute Gasteiger partial charge is 0.267 e. The van der Waals surface area contributed by atoms with Crippen molar-refractivity contribution in [2.24, 2.45) is 7.05 Å². The predicted octanol–water partition coefficient (Wildman–Crippen LogP) is 5.28. The summed E-state index contributed by atoms with van der Waals surface area (Å²) < 4.78 is 1.38. The Morgan fingerprint density at radius 3 is 2.18 bits per heavy atom. The molecular formula is C22H20ClN3OS. The van der Waals surface area contributed by atoms with Crippen molar-refractivity contribution in [2.45, 2.75) is 13.8 Å². The first-order chi connectivity index (χ1) is 13.0. The molecule has 0 N–H and O–H groups in total. The molecule has 0 aliphatic rings. The molecule has 0 radical (unpaired) electrons. The number of hydrogen-bond acceptors (Lipinski definition) is 4. The molecule has 0 bridgehead atoms. The van der Waals surface area contributed by atoms with Crippen molar-refractivity contribution in [2.75, 3.05) is 0 Å². The molecule has 0 atom stereocenters. The van der Waals surface area contributed by atoms with Gasteiger partial charge in [0.25, 0.3) is 5.56 Å². The third-order valence-electron chi connectivity index (χ3n) is 4.73. The van der Waals surface area contributed by atoms with Gasteiger partial charge >= 0.3 is 0 Å². The van der Waals surface area contributed by atoms with Gasteiger partial charge in [-0.3, -0.25) is 4.79 Å². The molecule has 142 valence electrons. The van der Waals surface area contributed by atoms with Gasteiger partial charge in [-0.1, -0.05) is 54.6 Å². The Balaban J connectivity index is 0.00000225. The lowest BCUT2D eigenvalue weighted by Gasteiger charge is -2.07. The summed E-state index contributed by atoms with van der Waals surface area (Å²) in [5.41, 5.74) is 6.54. The number of aromatic nitrogens is 3. The van der Waals surface area contributed by atoms with E-state index in [9.17, 15) is 4.79 Å². The monoisotopic (exact) mass is 409 g/mol. The first-order valence-corrected chi connectivity index (χ1v) is 9.59. The van der Waals surface area contributed by atoms with E-state index in [2.05, 4.69) is 41.5 Å². The summed E-state index contributed by atoms with van der Waals surface area (Å²) in [7, 11) is 1.68. The fraction of sp³-hybridized carbons (Fsp3) is 0.136. The molecule has 0 spiro atoms. The maximum atomic E-state index is 12.6. The fourth-order valence-electron chi connectivity index (χ4n) is 3.09. The van der Waals surface area contributed by atoms with Crippen molar-refractivity contribution in [1.82, 2.24) is 14.8 Å². The van der Waals surface area contributed by atoms with Gasteiger partial charge in [-0.05, 0) is 30.5 Å². The van der Waals surface area contributed by atoms with Crippen LogP contribution in [0.2, 0.25) is 0 Å². The lowest BCUT2D eigenvalue weighted by atomic mass is 10.0. The standard InChI is InChI=1S/C22H19N3OS.ClH/c1-14-15(2)24-25(3)22(26)20(14)21-23-19(13-27-21)18-11-9-17(10-12-18)16-7-5-4-6-8-16;/h4-13H,1-3H3;1H. The van der Waals surface area contributed by atoms with Crippen molar-refractivity contribution in [1.29, 1.82) is 0 Å². The topological polar surface area (TPSA) is 47.8 Å². The molecule has 2 aromatic heterocycles. The highest BCUT2D eigenvalue weighted by Gasteiger charge is 2.16. The average molecular weight is 410 g/mol. The van der Waals surface area contributed by atoms with Crippen molar-refractivity contribution in [3.05, 3.63) is 81.6 Å². The highest BCUT2D eigenvalue weighted by molar-refractivity contribution is 7.13. The highest BCUT2D eigenvalue weighted by atomic mass is 35.5. The van der Waals surface area contributed by atoms with Gasteiger partial charge in [0.05, 0.1) is 17.0 Å². The Morgan fingerprint density at radius 1 is 0.893 bits per heavy atom. The van der Waals surface area contributed by atoms with Crippen molar-refractivity contribution >= 4 is 23.7 Å². The molecule has 0 amide bonds. The first kappa shape index (κ1) is 20.0. The zero-order valence-electron chi connectivity index (χ0n) is 15.8. The molecule has 2 aromatic carbocycles. The highest BCUT2D eigenvalue weighted by Crippen LogP contribution is 2.30. The molecule has 0 saturated carbocycles. The molecule has 0 aliphatic carbocycles. The fourth-order valence-corrected chi connectivity index (χ4v) is 4.01. The van der Waals surface area contributed by atoms with Gasteiger partial charge in [-0.25, -0.2) is 9.67 Å². The van der Waals surface area contributed by atoms with Crippen LogP contribution < -0.4 is 5.56 Å². The SMILES string of the molecule is Cc1nn(C)c(=O)c(-c2nc(-c3ccc(-c4ccccc4)cc3)cs2)c1C.Cl. The largest absolute Gasteiger partial charge is 0.277 e.